The smallest absolute Gasteiger partial charge is 0.357 e. The molecule has 0 bridgehead atoms. The minimum Gasteiger partial charge on any atom is -0.476 e. The molecule has 0 radical (unpaired) electrons. The molecule has 0 saturated carbocycles. The number of carbonyl (C=O) groups is 1. The molecule has 9 heteroatoms. The van der Waals surface area contributed by atoms with Crippen LogP contribution in [0.5, 0.6) is 0 Å². The topological polar surface area (TPSA) is 116 Å². The van der Waals surface area contributed by atoms with Crippen molar-refractivity contribution in [1.29, 1.82) is 0 Å². The van der Waals surface area contributed by atoms with Crippen molar-refractivity contribution in [3.63, 3.8) is 0 Å². The zero-order valence-corrected chi connectivity index (χ0v) is 13.9. The molecule has 0 amide bonds. The van der Waals surface area contributed by atoms with E-state index in [4.69, 9.17) is 14.3 Å². The number of rotatable bonds is 5. The van der Waals surface area contributed by atoms with Gasteiger partial charge in [-0.25, -0.2) is 14.5 Å². The highest BCUT2D eigenvalue weighted by molar-refractivity contribution is 5.84. The third-order valence-corrected chi connectivity index (χ3v) is 4.17. The molecule has 26 heavy (non-hydrogen) atoms. The Labute approximate surface area is 148 Å². The van der Waals surface area contributed by atoms with Crippen LogP contribution in [0.1, 0.15) is 47.6 Å². The highest BCUT2D eigenvalue weighted by Gasteiger charge is 2.17. The SMILES string of the molecule is O=C(O)c1coc(Cc2ccc(-c3cnn(C4CCCCO4)c3)nn2)n1. The Hall–Kier alpha value is -3.07. The van der Waals surface area contributed by atoms with Gasteiger partial charge in [0.15, 0.2) is 5.69 Å². The molecule has 4 rings (SSSR count). The second-order valence-electron chi connectivity index (χ2n) is 6.05. The van der Waals surface area contributed by atoms with Gasteiger partial charge in [-0.1, -0.05) is 0 Å². The van der Waals surface area contributed by atoms with Gasteiger partial charge < -0.3 is 14.3 Å². The Bertz CT molecular complexity index is 896. The number of oxazole rings is 1. The third kappa shape index (κ3) is 3.47. The number of aromatic carboxylic acids is 1. The van der Waals surface area contributed by atoms with Gasteiger partial charge in [-0.3, -0.25) is 0 Å². The first-order valence-electron chi connectivity index (χ1n) is 8.35. The van der Waals surface area contributed by atoms with Crippen molar-refractivity contribution < 1.29 is 19.1 Å². The fourth-order valence-electron chi connectivity index (χ4n) is 2.81. The summed E-state index contributed by atoms with van der Waals surface area (Å²) in [5.74, 6) is -0.841. The van der Waals surface area contributed by atoms with E-state index in [1.54, 1.807) is 12.3 Å². The summed E-state index contributed by atoms with van der Waals surface area (Å²) in [4.78, 5) is 14.7. The van der Waals surface area contributed by atoms with Gasteiger partial charge in [0, 0.05) is 18.4 Å². The van der Waals surface area contributed by atoms with Gasteiger partial charge in [0.05, 0.1) is 24.0 Å². The third-order valence-electron chi connectivity index (χ3n) is 4.17. The summed E-state index contributed by atoms with van der Waals surface area (Å²) in [6, 6.07) is 3.65. The van der Waals surface area contributed by atoms with Gasteiger partial charge in [-0.15, -0.1) is 0 Å². The molecule has 1 fully saturated rings. The van der Waals surface area contributed by atoms with Crippen molar-refractivity contribution in [3.05, 3.63) is 48.1 Å². The van der Waals surface area contributed by atoms with Gasteiger partial charge in [0.25, 0.3) is 0 Å². The lowest BCUT2D eigenvalue weighted by Crippen LogP contribution is -2.18. The van der Waals surface area contributed by atoms with E-state index in [9.17, 15) is 4.79 Å². The van der Waals surface area contributed by atoms with E-state index in [1.165, 1.54) is 0 Å². The second-order valence-corrected chi connectivity index (χ2v) is 6.05. The van der Waals surface area contributed by atoms with Crippen molar-refractivity contribution >= 4 is 5.97 Å². The maximum absolute atomic E-state index is 10.8. The first-order valence-corrected chi connectivity index (χ1v) is 8.35. The van der Waals surface area contributed by atoms with E-state index < -0.39 is 5.97 Å². The average Bonchev–Trinajstić information content (AvgIpc) is 3.33. The van der Waals surface area contributed by atoms with Crippen molar-refractivity contribution in [1.82, 2.24) is 25.0 Å². The highest BCUT2D eigenvalue weighted by atomic mass is 16.5. The summed E-state index contributed by atoms with van der Waals surface area (Å²) >= 11 is 0. The number of ether oxygens (including phenoxy) is 1. The minimum atomic E-state index is -1.12. The summed E-state index contributed by atoms with van der Waals surface area (Å²) < 4.78 is 12.7. The van der Waals surface area contributed by atoms with Crippen LogP contribution < -0.4 is 0 Å². The fourth-order valence-corrected chi connectivity index (χ4v) is 2.81. The second kappa shape index (κ2) is 7.04. The van der Waals surface area contributed by atoms with Crippen LogP contribution in [0.25, 0.3) is 11.3 Å². The van der Waals surface area contributed by atoms with Crippen LogP contribution in [0, 0.1) is 0 Å². The fraction of sp³-hybridized carbons (Fsp3) is 0.353. The molecule has 1 unspecified atom stereocenters. The van der Waals surface area contributed by atoms with Crippen molar-refractivity contribution in [3.8, 4) is 11.3 Å². The van der Waals surface area contributed by atoms with E-state index in [-0.39, 0.29) is 24.2 Å². The normalized spacial score (nSPS) is 17.3. The average molecular weight is 355 g/mol. The zero-order valence-electron chi connectivity index (χ0n) is 13.9. The highest BCUT2D eigenvalue weighted by Crippen LogP contribution is 2.24. The standard InChI is InChI=1S/C17H17N5O4/c23-17(24)14-10-26-15(19-14)7-12-4-5-13(21-20-12)11-8-18-22(9-11)16-3-1-2-6-25-16/h4-5,8-10,16H,1-3,6-7H2,(H,23,24). The van der Waals surface area contributed by atoms with Crippen LogP contribution in [-0.2, 0) is 11.2 Å². The summed E-state index contributed by atoms with van der Waals surface area (Å²) in [5.41, 5.74) is 2.08. The van der Waals surface area contributed by atoms with Crippen molar-refractivity contribution in [2.45, 2.75) is 31.9 Å². The van der Waals surface area contributed by atoms with Crippen molar-refractivity contribution in [2.24, 2.45) is 0 Å². The largest absolute Gasteiger partial charge is 0.476 e. The number of hydrogen-bond donors (Lipinski definition) is 1. The minimum absolute atomic E-state index is 0.0156. The quantitative estimate of drug-likeness (QED) is 0.741. The van der Waals surface area contributed by atoms with Crippen LogP contribution in [0.2, 0.25) is 0 Å². The summed E-state index contributed by atoms with van der Waals surface area (Å²) in [7, 11) is 0. The monoisotopic (exact) mass is 355 g/mol. The van der Waals surface area contributed by atoms with Gasteiger partial charge in [-0.05, 0) is 31.4 Å². The van der Waals surface area contributed by atoms with E-state index in [0.29, 0.717) is 11.4 Å². The maximum Gasteiger partial charge on any atom is 0.357 e. The zero-order chi connectivity index (χ0) is 17.9. The molecule has 0 aromatic carbocycles. The molecule has 3 aromatic rings. The predicted octanol–water partition coefficient (Wildman–Crippen LogP) is 2.32. The molecular formula is C17H17N5O4. The number of aromatic nitrogens is 5. The van der Waals surface area contributed by atoms with E-state index in [2.05, 4.69) is 20.3 Å². The first-order chi connectivity index (χ1) is 12.7. The molecule has 0 spiro atoms. The molecule has 1 aliphatic rings. The number of nitrogens with zero attached hydrogens (tertiary/aromatic N) is 5. The predicted molar refractivity (Wildman–Crippen MR) is 88.4 cm³/mol. The number of hydrogen-bond acceptors (Lipinski definition) is 7. The summed E-state index contributed by atoms with van der Waals surface area (Å²) in [6.07, 6.45) is 8.21. The van der Waals surface area contributed by atoms with E-state index in [1.807, 2.05) is 16.9 Å². The van der Waals surface area contributed by atoms with Crippen LogP contribution in [0.15, 0.2) is 35.2 Å². The molecule has 134 valence electrons. The Kier molecular flexibility index (Phi) is 4.44. The van der Waals surface area contributed by atoms with Gasteiger partial charge >= 0.3 is 5.97 Å². The lowest BCUT2D eigenvalue weighted by molar-refractivity contribution is -0.0394. The number of carboxylic acid groups (broad SMARTS) is 1. The molecule has 1 atom stereocenters. The van der Waals surface area contributed by atoms with Crippen LogP contribution in [0.4, 0.5) is 0 Å². The number of carboxylic acids is 1. The van der Waals surface area contributed by atoms with Crippen LogP contribution in [-0.4, -0.2) is 42.6 Å². The van der Waals surface area contributed by atoms with Crippen LogP contribution >= 0.6 is 0 Å². The molecule has 1 N–H and O–H groups in total. The van der Waals surface area contributed by atoms with E-state index in [0.717, 1.165) is 37.7 Å². The Morgan fingerprint density at radius 3 is 2.92 bits per heavy atom. The lowest BCUT2D eigenvalue weighted by Gasteiger charge is -2.22. The van der Waals surface area contributed by atoms with Gasteiger partial charge in [-0.2, -0.15) is 15.3 Å². The van der Waals surface area contributed by atoms with Crippen molar-refractivity contribution in [2.75, 3.05) is 6.61 Å². The Balaban J connectivity index is 1.45. The maximum atomic E-state index is 10.8. The first kappa shape index (κ1) is 16.4. The van der Waals surface area contributed by atoms with E-state index >= 15 is 0 Å². The summed E-state index contributed by atoms with van der Waals surface area (Å²) in [6.45, 7) is 0.763. The molecule has 0 aliphatic carbocycles. The molecule has 9 nitrogen and oxygen atoms in total. The van der Waals surface area contributed by atoms with Crippen LogP contribution in [0.3, 0.4) is 0 Å². The molecular weight excluding hydrogens is 338 g/mol. The molecule has 3 aromatic heterocycles. The Morgan fingerprint density at radius 2 is 2.23 bits per heavy atom. The van der Waals surface area contributed by atoms with Gasteiger partial charge in [0.1, 0.15) is 12.5 Å². The molecule has 1 aliphatic heterocycles. The van der Waals surface area contributed by atoms with Gasteiger partial charge in [0.2, 0.25) is 5.89 Å². The lowest BCUT2D eigenvalue weighted by atomic mass is 10.2. The molecule has 4 heterocycles. The Morgan fingerprint density at radius 1 is 1.31 bits per heavy atom. The molecule has 1 saturated heterocycles. The summed E-state index contributed by atoms with van der Waals surface area (Å²) in [5, 5.41) is 21.6.